The van der Waals surface area contributed by atoms with Gasteiger partial charge in [-0.2, -0.15) is 10.5 Å². The first-order valence-corrected chi connectivity index (χ1v) is 9.19. The lowest BCUT2D eigenvalue weighted by Crippen LogP contribution is -2.21. The number of benzene rings is 1. The smallest absolute Gasteiger partial charge is 0.132 e. The SMILES string of the molecule is CCN(CC)c1ccc(C=CC2=CC(=C(C#N)C#N)CC(C)(C)C2)cc1. The van der Waals surface area contributed by atoms with Crippen LogP contribution in [0.25, 0.3) is 6.08 Å². The van der Waals surface area contributed by atoms with Crippen LogP contribution in [-0.4, -0.2) is 13.1 Å². The minimum atomic E-state index is 0.0509. The lowest BCUT2D eigenvalue weighted by Gasteiger charge is -2.30. The molecule has 1 aliphatic rings. The number of nitrogens with zero attached hydrogens (tertiary/aromatic N) is 3. The molecule has 134 valence electrons. The Morgan fingerprint density at radius 2 is 1.65 bits per heavy atom. The molecule has 0 amide bonds. The van der Waals surface area contributed by atoms with E-state index in [0.717, 1.165) is 42.6 Å². The molecule has 0 heterocycles. The van der Waals surface area contributed by atoms with Gasteiger partial charge in [0.25, 0.3) is 0 Å². The number of hydrogen-bond acceptors (Lipinski definition) is 3. The van der Waals surface area contributed by atoms with Crippen LogP contribution in [0, 0.1) is 28.1 Å². The standard InChI is InChI=1S/C23H27N3/c1-5-26(6-2)22-11-9-18(10-12-22)7-8-19-13-20(21(16-24)17-25)15-23(3,4)14-19/h7-13H,5-6,14-15H2,1-4H3. The van der Waals surface area contributed by atoms with Crippen LogP contribution in [0.15, 0.2) is 53.1 Å². The molecule has 26 heavy (non-hydrogen) atoms. The molecule has 1 aliphatic carbocycles. The zero-order chi connectivity index (χ0) is 19.2. The van der Waals surface area contributed by atoms with Crippen LogP contribution in [0.2, 0.25) is 0 Å². The van der Waals surface area contributed by atoms with Gasteiger partial charge in [-0.15, -0.1) is 0 Å². The molecule has 0 fully saturated rings. The number of nitriles is 2. The molecule has 0 spiro atoms. The highest BCUT2D eigenvalue weighted by Gasteiger charge is 2.26. The summed E-state index contributed by atoms with van der Waals surface area (Å²) in [4.78, 5) is 2.32. The van der Waals surface area contributed by atoms with Gasteiger partial charge in [-0.3, -0.25) is 0 Å². The number of anilines is 1. The van der Waals surface area contributed by atoms with E-state index < -0.39 is 0 Å². The van der Waals surface area contributed by atoms with Crippen LogP contribution in [-0.2, 0) is 0 Å². The quantitative estimate of drug-likeness (QED) is 0.649. The van der Waals surface area contributed by atoms with E-state index in [1.165, 1.54) is 5.69 Å². The van der Waals surface area contributed by atoms with Crippen molar-refractivity contribution in [1.82, 2.24) is 0 Å². The van der Waals surface area contributed by atoms with Crippen molar-refractivity contribution in [3.05, 3.63) is 58.7 Å². The fraction of sp³-hybridized carbons (Fsp3) is 0.391. The maximum Gasteiger partial charge on any atom is 0.132 e. The third-order valence-corrected chi connectivity index (χ3v) is 4.77. The maximum atomic E-state index is 9.17. The summed E-state index contributed by atoms with van der Waals surface area (Å²) in [7, 11) is 0. The molecule has 0 aliphatic heterocycles. The van der Waals surface area contributed by atoms with E-state index in [0.29, 0.717) is 0 Å². The third kappa shape index (κ3) is 4.87. The zero-order valence-electron chi connectivity index (χ0n) is 16.2. The fourth-order valence-electron chi connectivity index (χ4n) is 3.48. The highest BCUT2D eigenvalue weighted by Crippen LogP contribution is 2.39. The molecule has 0 unspecified atom stereocenters. The maximum absolute atomic E-state index is 9.17. The molecular weight excluding hydrogens is 318 g/mol. The first kappa shape index (κ1) is 19.5. The van der Waals surface area contributed by atoms with E-state index in [1.807, 2.05) is 18.2 Å². The summed E-state index contributed by atoms with van der Waals surface area (Å²) in [6.07, 6.45) is 7.93. The van der Waals surface area contributed by atoms with Crippen LogP contribution < -0.4 is 4.90 Å². The van der Waals surface area contributed by atoms with Gasteiger partial charge in [0.05, 0.1) is 0 Å². The zero-order valence-corrected chi connectivity index (χ0v) is 16.2. The topological polar surface area (TPSA) is 50.8 Å². The van der Waals surface area contributed by atoms with Gasteiger partial charge in [0.2, 0.25) is 0 Å². The summed E-state index contributed by atoms with van der Waals surface area (Å²) < 4.78 is 0. The predicted octanol–water partition coefficient (Wildman–Crippen LogP) is 5.64. The Balaban J connectivity index is 2.25. The van der Waals surface area contributed by atoms with Gasteiger partial charge in [-0.05, 0) is 60.9 Å². The molecular formula is C23H27N3. The summed E-state index contributed by atoms with van der Waals surface area (Å²) in [6.45, 7) is 10.7. The van der Waals surface area contributed by atoms with Crippen molar-refractivity contribution in [2.75, 3.05) is 18.0 Å². The highest BCUT2D eigenvalue weighted by molar-refractivity contribution is 5.59. The van der Waals surface area contributed by atoms with Crippen molar-refractivity contribution in [1.29, 1.82) is 10.5 Å². The van der Waals surface area contributed by atoms with Crippen molar-refractivity contribution < 1.29 is 0 Å². The Morgan fingerprint density at radius 3 is 2.19 bits per heavy atom. The monoisotopic (exact) mass is 345 g/mol. The van der Waals surface area contributed by atoms with Crippen LogP contribution in [0.5, 0.6) is 0 Å². The normalized spacial score (nSPS) is 15.9. The van der Waals surface area contributed by atoms with Gasteiger partial charge in [-0.25, -0.2) is 0 Å². The summed E-state index contributed by atoms with van der Waals surface area (Å²) in [6, 6.07) is 12.6. The average molecular weight is 345 g/mol. The Bertz CT molecular complexity index is 788. The summed E-state index contributed by atoms with van der Waals surface area (Å²) in [5.41, 5.74) is 4.68. The van der Waals surface area contributed by atoms with Gasteiger partial charge in [0, 0.05) is 18.8 Å². The van der Waals surface area contributed by atoms with Crippen molar-refractivity contribution in [3.63, 3.8) is 0 Å². The van der Waals surface area contributed by atoms with Crippen molar-refractivity contribution in [2.45, 2.75) is 40.5 Å². The molecule has 0 radical (unpaired) electrons. The molecule has 1 aromatic rings. The van der Waals surface area contributed by atoms with Crippen molar-refractivity contribution in [3.8, 4) is 12.1 Å². The highest BCUT2D eigenvalue weighted by atomic mass is 15.1. The van der Waals surface area contributed by atoms with E-state index in [4.69, 9.17) is 0 Å². The average Bonchev–Trinajstić information content (AvgIpc) is 2.62. The molecule has 3 nitrogen and oxygen atoms in total. The molecule has 1 aromatic carbocycles. The van der Waals surface area contributed by atoms with Crippen molar-refractivity contribution >= 4 is 11.8 Å². The first-order chi connectivity index (χ1) is 12.4. The minimum absolute atomic E-state index is 0.0509. The largest absolute Gasteiger partial charge is 0.372 e. The second-order valence-electron chi connectivity index (χ2n) is 7.46. The molecule has 2 rings (SSSR count). The second kappa shape index (κ2) is 8.54. The third-order valence-electron chi connectivity index (χ3n) is 4.77. The van der Waals surface area contributed by atoms with Crippen LogP contribution >= 0.6 is 0 Å². The van der Waals surface area contributed by atoms with Gasteiger partial charge in [0.1, 0.15) is 17.7 Å². The Kier molecular flexibility index (Phi) is 6.42. The van der Waals surface area contributed by atoms with Gasteiger partial charge >= 0.3 is 0 Å². The first-order valence-electron chi connectivity index (χ1n) is 9.19. The molecule has 0 N–H and O–H groups in total. The number of hydrogen-bond donors (Lipinski definition) is 0. The van der Waals surface area contributed by atoms with Crippen molar-refractivity contribution in [2.24, 2.45) is 5.41 Å². The van der Waals surface area contributed by atoms with Crippen LogP contribution in [0.3, 0.4) is 0 Å². The molecule has 0 saturated heterocycles. The van der Waals surface area contributed by atoms with E-state index in [-0.39, 0.29) is 11.0 Å². The van der Waals surface area contributed by atoms with E-state index in [1.54, 1.807) is 0 Å². The summed E-state index contributed by atoms with van der Waals surface area (Å²) in [5, 5.41) is 18.3. The van der Waals surface area contributed by atoms with E-state index >= 15 is 0 Å². The summed E-state index contributed by atoms with van der Waals surface area (Å²) in [5.74, 6) is 0. The Labute approximate surface area is 157 Å². The van der Waals surface area contributed by atoms with Gasteiger partial charge in [-0.1, -0.05) is 44.2 Å². The molecule has 0 bridgehead atoms. The van der Waals surface area contributed by atoms with E-state index in [2.05, 4.69) is 69.0 Å². The van der Waals surface area contributed by atoms with Crippen LogP contribution in [0.4, 0.5) is 5.69 Å². The molecule has 0 saturated carbocycles. The molecule has 3 heteroatoms. The van der Waals surface area contributed by atoms with E-state index in [9.17, 15) is 10.5 Å². The lowest BCUT2D eigenvalue weighted by atomic mass is 9.74. The van der Waals surface area contributed by atoms with Gasteiger partial charge in [0.15, 0.2) is 0 Å². The number of allylic oxidation sites excluding steroid dienone is 5. The second-order valence-corrected chi connectivity index (χ2v) is 7.46. The predicted molar refractivity (Wildman–Crippen MR) is 108 cm³/mol. The Morgan fingerprint density at radius 1 is 1.04 bits per heavy atom. The molecule has 0 aromatic heterocycles. The summed E-state index contributed by atoms with van der Waals surface area (Å²) >= 11 is 0. The lowest BCUT2D eigenvalue weighted by molar-refractivity contribution is 0.354. The fourth-order valence-corrected chi connectivity index (χ4v) is 3.48. The van der Waals surface area contributed by atoms with Crippen LogP contribution in [0.1, 0.15) is 46.1 Å². The van der Waals surface area contributed by atoms with Gasteiger partial charge < -0.3 is 4.90 Å². The minimum Gasteiger partial charge on any atom is -0.372 e. The number of rotatable bonds is 5. The Hall–Kier alpha value is -2.78. The molecule has 0 atom stereocenters.